The molecular formula is C7H4F2N2O. The molecule has 0 atom stereocenters. The Morgan fingerprint density at radius 2 is 2.17 bits per heavy atom. The highest BCUT2D eigenvalue weighted by atomic mass is 19.2. The van der Waals surface area contributed by atoms with Crippen molar-refractivity contribution in [2.24, 2.45) is 0 Å². The first-order chi connectivity index (χ1) is 5.70. The summed E-state index contributed by atoms with van der Waals surface area (Å²) >= 11 is 0. The number of pyridine rings is 1. The van der Waals surface area contributed by atoms with Crippen LogP contribution < -0.4 is 0 Å². The Morgan fingerprint density at radius 1 is 1.42 bits per heavy atom. The molecule has 2 aliphatic heterocycles. The Labute approximate surface area is 66.2 Å². The van der Waals surface area contributed by atoms with Crippen LogP contribution in [0.3, 0.4) is 0 Å². The van der Waals surface area contributed by atoms with Crippen molar-refractivity contribution in [3.05, 3.63) is 30.1 Å². The highest BCUT2D eigenvalue weighted by Gasteiger charge is 2.17. The highest BCUT2D eigenvalue weighted by Crippen LogP contribution is 2.24. The Kier molecular flexibility index (Phi) is 1.27. The molecular weight excluding hydrogens is 166 g/mol. The zero-order chi connectivity index (χ0) is 8.72. The number of fused-ring (bicyclic) bond motifs is 1. The van der Waals surface area contributed by atoms with Crippen LogP contribution >= 0.6 is 0 Å². The lowest BCUT2D eigenvalue weighted by Crippen LogP contribution is -2.03. The van der Waals surface area contributed by atoms with Crippen LogP contribution in [0.4, 0.5) is 8.78 Å². The first kappa shape index (κ1) is 7.02. The second-order valence-corrected chi connectivity index (χ2v) is 2.32. The fourth-order valence-electron chi connectivity index (χ4n) is 1.03. The van der Waals surface area contributed by atoms with Crippen LogP contribution in [0.5, 0.6) is 0 Å². The van der Waals surface area contributed by atoms with E-state index in [0.29, 0.717) is 10.9 Å². The van der Waals surface area contributed by atoms with Crippen LogP contribution in [0, 0.1) is 11.6 Å². The molecule has 0 radical (unpaired) electrons. The van der Waals surface area contributed by atoms with E-state index >= 15 is 0 Å². The van der Waals surface area contributed by atoms with Gasteiger partial charge in [0.25, 0.3) is 0 Å². The second kappa shape index (κ2) is 2.17. The molecule has 0 aromatic heterocycles. The van der Waals surface area contributed by atoms with E-state index in [4.69, 9.17) is 5.21 Å². The number of nitrogens with zero attached hydrogens (tertiary/aromatic N) is 2. The number of rotatable bonds is 0. The quantitative estimate of drug-likeness (QED) is 0.608. The van der Waals surface area contributed by atoms with Crippen molar-refractivity contribution >= 4 is 0 Å². The largest absolute Gasteiger partial charge is 0.427 e. The van der Waals surface area contributed by atoms with E-state index in [2.05, 4.69) is 4.98 Å². The highest BCUT2D eigenvalue weighted by molar-refractivity contribution is 5.57. The molecule has 0 saturated heterocycles. The van der Waals surface area contributed by atoms with Crippen molar-refractivity contribution in [3.8, 4) is 11.4 Å². The predicted octanol–water partition coefficient (Wildman–Crippen LogP) is 1.50. The van der Waals surface area contributed by atoms with Gasteiger partial charge in [-0.15, -0.1) is 0 Å². The molecule has 0 spiro atoms. The minimum atomic E-state index is -1.10. The standard InChI is InChI=1S/C7H4F2N2O/c8-5-3-11(12)7-4(6(5)9)1-2-10-7/h1-3,12H. The van der Waals surface area contributed by atoms with E-state index in [0.717, 1.165) is 0 Å². The number of hydrogen-bond acceptors (Lipinski definition) is 2. The maximum absolute atomic E-state index is 12.9. The average molecular weight is 170 g/mol. The van der Waals surface area contributed by atoms with Gasteiger partial charge in [-0.3, -0.25) is 0 Å². The minimum absolute atomic E-state index is 0.00824. The van der Waals surface area contributed by atoms with Crippen molar-refractivity contribution in [3.63, 3.8) is 0 Å². The predicted molar refractivity (Wildman–Crippen MR) is 35.9 cm³/mol. The van der Waals surface area contributed by atoms with Crippen LogP contribution in [0.2, 0.25) is 0 Å². The van der Waals surface area contributed by atoms with Crippen molar-refractivity contribution in [1.29, 1.82) is 0 Å². The summed E-state index contributed by atoms with van der Waals surface area (Å²) in [7, 11) is 0. The van der Waals surface area contributed by atoms with E-state index in [1.165, 1.54) is 12.3 Å². The van der Waals surface area contributed by atoms with E-state index in [1.54, 1.807) is 0 Å². The first-order valence-electron chi connectivity index (χ1n) is 3.20. The number of aromatic nitrogens is 2. The van der Waals surface area contributed by atoms with Gasteiger partial charge in [-0.25, -0.2) is 13.8 Å². The zero-order valence-corrected chi connectivity index (χ0v) is 5.83. The first-order valence-corrected chi connectivity index (χ1v) is 3.20. The topological polar surface area (TPSA) is 38.0 Å². The summed E-state index contributed by atoms with van der Waals surface area (Å²) in [6.45, 7) is 0. The lowest BCUT2D eigenvalue weighted by Gasteiger charge is -2.04. The normalized spacial score (nSPS) is 10.8. The Morgan fingerprint density at radius 3 is 2.92 bits per heavy atom. The molecule has 0 amide bonds. The third-order valence-corrected chi connectivity index (χ3v) is 1.58. The summed E-state index contributed by atoms with van der Waals surface area (Å²) < 4.78 is 25.9. The molecule has 0 unspecified atom stereocenters. The van der Waals surface area contributed by atoms with Gasteiger partial charge in [-0.05, 0) is 6.07 Å². The van der Waals surface area contributed by atoms with Crippen molar-refractivity contribution in [2.75, 3.05) is 0 Å². The van der Waals surface area contributed by atoms with Gasteiger partial charge in [0.1, 0.15) is 0 Å². The summed E-state index contributed by atoms with van der Waals surface area (Å²) in [5.74, 6) is -2.08. The molecule has 0 saturated carbocycles. The van der Waals surface area contributed by atoms with E-state index in [-0.39, 0.29) is 11.4 Å². The Balaban J connectivity index is 2.86. The smallest absolute Gasteiger partial charge is 0.179 e. The fraction of sp³-hybridized carbons (Fsp3) is 0. The molecule has 12 heavy (non-hydrogen) atoms. The van der Waals surface area contributed by atoms with Crippen molar-refractivity contribution < 1.29 is 14.0 Å². The van der Waals surface area contributed by atoms with Gasteiger partial charge in [-0.1, -0.05) is 0 Å². The summed E-state index contributed by atoms with van der Waals surface area (Å²) in [5, 5.41) is 9.01. The van der Waals surface area contributed by atoms with Crippen LogP contribution in [0.1, 0.15) is 0 Å². The lowest BCUT2D eigenvalue weighted by atomic mass is 10.2. The van der Waals surface area contributed by atoms with Gasteiger partial charge in [0.05, 0.1) is 11.8 Å². The molecule has 2 heterocycles. The molecule has 2 rings (SSSR count). The fourth-order valence-corrected chi connectivity index (χ4v) is 1.03. The van der Waals surface area contributed by atoms with Crippen LogP contribution in [-0.2, 0) is 0 Å². The van der Waals surface area contributed by atoms with Gasteiger partial charge < -0.3 is 5.21 Å². The Bertz CT molecular complexity index is 399. The second-order valence-electron chi connectivity index (χ2n) is 2.32. The SMILES string of the molecule is On1cc(F)c(F)c2ccnc1-2. The molecule has 0 bridgehead atoms. The summed E-state index contributed by atoms with van der Waals surface area (Å²) in [6.07, 6.45) is 1.92. The zero-order valence-electron chi connectivity index (χ0n) is 5.83. The molecule has 5 heteroatoms. The van der Waals surface area contributed by atoms with E-state index in [1.807, 2.05) is 0 Å². The van der Waals surface area contributed by atoms with Crippen LogP contribution in [0.15, 0.2) is 18.5 Å². The number of halogens is 2. The average Bonchev–Trinajstić information content (AvgIpc) is 2.48. The molecule has 0 fully saturated rings. The summed E-state index contributed by atoms with van der Waals surface area (Å²) in [5.41, 5.74) is -0.0301. The molecule has 0 aliphatic carbocycles. The summed E-state index contributed by atoms with van der Waals surface area (Å²) in [6, 6.07) is 1.29. The molecule has 0 aromatic carbocycles. The lowest BCUT2D eigenvalue weighted by molar-refractivity contribution is 0.181. The molecule has 2 aliphatic rings. The molecule has 3 nitrogen and oxygen atoms in total. The molecule has 62 valence electrons. The van der Waals surface area contributed by atoms with Crippen LogP contribution in [-0.4, -0.2) is 14.9 Å². The maximum atomic E-state index is 12.9. The van der Waals surface area contributed by atoms with Gasteiger partial charge in [-0.2, -0.15) is 4.73 Å². The molecule has 0 aromatic rings. The van der Waals surface area contributed by atoms with Gasteiger partial charge in [0.15, 0.2) is 17.5 Å². The molecule has 1 N–H and O–H groups in total. The van der Waals surface area contributed by atoms with Crippen molar-refractivity contribution in [1.82, 2.24) is 9.71 Å². The van der Waals surface area contributed by atoms with Gasteiger partial charge in [0, 0.05) is 6.20 Å². The van der Waals surface area contributed by atoms with Crippen LogP contribution in [0.25, 0.3) is 11.4 Å². The van der Waals surface area contributed by atoms with E-state index < -0.39 is 11.6 Å². The summed E-state index contributed by atoms with van der Waals surface area (Å²) in [4.78, 5) is 3.63. The third kappa shape index (κ3) is 0.761. The monoisotopic (exact) mass is 170 g/mol. The Hall–Kier alpha value is -1.65. The maximum Gasteiger partial charge on any atom is 0.179 e. The third-order valence-electron chi connectivity index (χ3n) is 1.58. The van der Waals surface area contributed by atoms with Gasteiger partial charge >= 0.3 is 0 Å². The van der Waals surface area contributed by atoms with Crippen molar-refractivity contribution in [2.45, 2.75) is 0 Å². The van der Waals surface area contributed by atoms with Gasteiger partial charge in [0.2, 0.25) is 0 Å². The minimum Gasteiger partial charge on any atom is -0.427 e. The van der Waals surface area contributed by atoms with E-state index in [9.17, 15) is 8.78 Å². The number of hydrogen-bond donors (Lipinski definition) is 1.